The van der Waals surface area contributed by atoms with Crippen molar-refractivity contribution >= 4 is 30.1 Å². The Hall–Kier alpha value is -3.83. The summed E-state index contributed by atoms with van der Waals surface area (Å²) in [6.07, 6.45) is 0.639. The van der Waals surface area contributed by atoms with Gasteiger partial charge in [-0.25, -0.2) is 4.79 Å². The Morgan fingerprint density at radius 3 is 2.05 bits per heavy atom. The van der Waals surface area contributed by atoms with Gasteiger partial charge in [0.2, 0.25) is 17.7 Å². The monoisotopic (exact) mass is 592 g/mol. The van der Waals surface area contributed by atoms with Gasteiger partial charge in [0, 0.05) is 19.5 Å². The van der Waals surface area contributed by atoms with Crippen molar-refractivity contribution in [3.63, 3.8) is 0 Å². The highest BCUT2D eigenvalue weighted by molar-refractivity contribution is 5.94. The second-order valence-corrected chi connectivity index (χ2v) is 11.8. The van der Waals surface area contributed by atoms with Gasteiger partial charge >= 0.3 is 6.09 Å². The van der Waals surface area contributed by atoms with Crippen LogP contribution in [0, 0.1) is 11.8 Å². The predicted octanol–water partition coefficient (Wildman–Crippen LogP) is 2.84. The molecule has 42 heavy (non-hydrogen) atoms. The van der Waals surface area contributed by atoms with Crippen molar-refractivity contribution in [1.82, 2.24) is 15.5 Å². The quantitative estimate of drug-likeness (QED) is 0.262. The first-order valence-electron chi connectivity index (χ1n) is 14.0. The zero-order valence-electron chi connectivity index (χ0n) is 26.5. The van der Waals surface area contributed by atoms with Crippen LogP contribution in [0.15, 0.2) is 12.1 Å². The van der Waals surface area contributed by atoms with Gasteiger partial charge in [0.25, 0.3) is 0 Å². The zero-order chi connectivity index (χ0) is 32.4. The number of nitrogens with two attached hydrogens (primary N) is 1. The fourth-order valence-corrected chi connectivity index (χ4v) is 4.25. The number of carbonyl (C=O) groups excluding carboxylic acids is 5. The van der Waals surface area contributed by atoms with Crippen LogP contribution in [0.5, 0.6) is 11.5 Å². The predicted molar refractivity (Wildman–Crippen MR) is 158 cm³/mol. The van der Waals surface area contributed by atoms with Crippen LogP contribution in [0.3, 0.4) is 0 Å². The summed E-state index contributed by atoms with van der Waals surface area (Å²) in [5.41, 5.74) is 5.37. The van der Waals surface area contributed by atoms with Gasteiger partial charge in [0.05, 0.1) is 19.8 Å². The van der Waals surface area contributed by atoms with E-state index < -0.39 is 47.5 Å². The van der Waals surface area contributed by atoms with Crippen LogP contribution in [0.4, 0.5) is 4.79 Å². The van der Waals surface area contributed by atoms with Crippen molar-refractivity contribution in [2.45, 2.75) is 91.5 Å². The Labute approximate surface area is 249 Å². The minimum absolute atomic E-state index is 0.0817. The number of primary amides is 1. The maximum atomic E-state index is 13.9. The van der Waals surface area contributed by atoms with Gasteiger partial charge < -0.3 is 30.6 Å². The molecule has 0 radical (unpaired) electrons. The number of benzene rings is 1. The molecule has 12 heteroatoms. The number of hydrogen-bond donors (Lipinski definition) is 3. The van der Waals surface area contributed by atoms with Crippen molar-refractivity contribution in [3.05, 3.63) is 23.3 Å². The first-order valence-corrected chi connectivity index (χ1v) is 14.0. The van der Waals surface area contributed by atoms with Crippen molar-refractivity contribution in [2.24, 2.45) is 17.6 Å². The third kappa shape index (κ3) is 10.5. The highest BCUT2D eigenvalue weighted by Gasteiger charge is 2.36. The number of rotatable bonds is 15. The summed E-state index contributed by atoms with van der Waals surface area (Å²) < 4.78 is 16.3. The van der Waals surface area contributed by atoms with Gasteiger partial charge in [0.1, 0.15) is 35.2 Å². The molecule has 0 aliphatic rings. The molecule has 0 saturated carbocycles. The van der Waals surface area contributed by atoms with Gasteiger partial charge in [-0.3, -0.25) is 24.1 Å². The van der Waals surface area contributed by atoms with Gasteiger partial charge in [-0.1, -0.05) is 34.1 Å². The molecule has 0 aromatic heterocycles. The molecule has 1 aromatic rings. The highest BCUT2D eigenvalue weighted by Crippen LogP contribution is 2.30. The van der Waals surface area contributed by atoms with E-state index in [1.165, 1.54) is 33.4 Å². The van der Waals surface area contributed by atoms with Crippen LogP contribution in [0.25, 0.3) is 0 Å². The molecule has 0 saturated heterocycles. The Balaban J connectivity index is 3.52. The molecule has 4 N–H and O–H groups in total. The fourth-order valence-electron chi connectivity index (χ4n) is 4.25. The average molecular weight is 593 g/mol. The van der Waals surface area contributed by atoms with Crippen LogP contribution >= 0.6 is 0 Å². The zero-order valence-corrected chi connectivity index (χ0v) is 26.5. The van der Waals surface area contributed by atoms with Crippen LogP contribution < -0.4 is 25.8 Å². The molecule has 0 spiro atoms. The van der Waals surface area contributed by atoms with E-state index in [1.807, 2.05) is 20.8 Å². The summed E-state index contributed by atoms with van der Waals surface area (Å²) in [4.78, 5) is 65.3. The average Bonchev–Trinajstić information content (AvgIpc) is 2.91. The van der Waals surface area contributed by atoms with E-state index >= 15 is 0 Å². The second kappa shape index (κ2) is 16.0. The van der Waals surface area contributed by atoms with Crippen molar-refractivity contribution in [2.75, 3.05) is 21.3 Å². The topological polar surface area (TPSA) is 166 Å². The summed E-state index contributed by atoms with van der Waals surface area (Å²) in [5, 5.41) is 5.47. The van der Waals surface area contributed by atoms with E-state index in [2.05, 4.69) is 10.6 Å². The molecule has 4 atom stereocenters. The summed E-state index contributed by atoms with van der Waals surface area (Å²) in [7, 11) is 4.26. The number of carbonyl (C=O) groups is 5. The third-order valence-corrected chi connectivity index (χ3v) is 6.78. The number of amides is 4. The van der Waals surface area contributed by atoms with Gasteiger partial charge in [-0.15, -0.1) is 0 Å². The molecule has 0 fully saturated rings. The highest BCUT2D eigenvalue weighted by atomic mass is 16.6. The van der Waals surface area contributed by atoms with Crippen LogP contribution in [0.1, 0.15) is 77.2 Å². The number of nitrogens with one attached hydrogen (secondary N) is 2. The first kappa shape index (κ1) is 36.2. The SMILES string of the molecule is CC[C@H](C)[C@H](NC(=O)[C@H](Cc1cc(C=O)c(OC)cc1OC)N(C)C(=O)OC(C)(C)C)C(=O)N[C@@H](CC(C)C)C(N)=O. The summed E-state index contributed by atoms with van der Waals surface area (Å²) >= 11 is 0. The van der Waals surface area contributed by atoms with E-state index in [1.54, 1.807) is 27.7 Å². The van der Waals surface area contributed by atoms with Crippen LogP contribution in [-0.2, 0) is 25.5 Å². The molecule has 236 valence electrons. The van der Waals surface area contributed by atoms with Crippen molar-refractivity contribution < 1.29 is 38.2 Å². The fraction of sp³-hybridized carbons (Fsp3) is 0.633. The van der Waals surface area contributed by atoms with E-state index in [9.17, 15) is 24.0 Å². The lowest BCUT2D eigenvalue weighted by molar-refractivity contribution is -0.134. The second-order valence-electron chi connectivity index (χ2n) is 11.8. The lowest BCUT2D eigenvalue weighted by Gasteiger charge is -2.33. The first-order chi connectivity index (χ1) is 19.5. The largest absolute Gasteiger partial charge is 0.496 e. The Morgan fingerprint density at radius 2 is 1.60 bits per heavy atom. The Bertz CT molecular complexity index is 1120. The summed E-state index contributed by atoms with van der Waals surface area (Å²) in [5.74, 6) is -1.51. The van der Waals surface area contributed by atoms with Crippen LogP contribution in [0.2, 0.25) is 0 Å². The molecule has 0 aliphatic heterocycles. The molecular weight excluding hydrogens is 544 g/mol. The van der Waals surface area contributed by atoms with Gasteiger partial charge in [-0.2, -0.15) is 0 Å². The Morgan fingerprint density at radius 1 is 1.00 bits per heavy atom. The molecule has 0 bridgehead atoms. The maximum Gasteiger partial charge on any atom is 0.410 e. The Kier molecular flexibility index (Phi) is 13.8. The maximum absolute atomic E-state index is 13.9. The van der Waals surface area contributed by atoms with E-state index in [0.717, 1.165) is 4.90 Å². The molecule has 0 heterocycles. The van der Waals surface area contributed by atoms with Crippen molar-refractivity contribution in [1.29, 1.82) is 0 Å². The summed E-state index contributed by atoms with van der Waals surface area (Å²) in [6.45, 7) is 12.6. The number of hydrogen-bond acceptors (Lipinski definition) is 8. The number of ether oxygens (including phenoxy) is 3. The van der Waals surface area contributed by atoms with Crippen molar-refractivity contribution in [3.8, 4) is 11.5 Å². The molecule has 1 rings (SSSR count). The number of nitrogens with zero attached hydrogens (tertiary/aromatic N) is 1. The van der Waals surface area contributed by atoms with E-state index in [-0.39, 0.29) is 29.6 Å². The number of likely N-dealkylation sites (N-methyl/N-ethyl adjacent to an activating group) is 1. The lowest BCUT2D eigenvalue weighted by atomic mass is 9.95. The third-order valence-electron chi connectivity index (χ3n) is 6.78. The van der Waals surface area contributed by atoms with Gasteiger partial charge in [-0.05, 0) is 50.7 Å². The minimum Gasteiger partial charge on any atom is -0.496 e. The number of methoxy groups -OCH3 is 2. The van der Waals surface area contributed by atoms with Gasteiger partial charge in [0.15, 0.2) is 6.29 Å². The van der Waals surface area contributed by atoms with E-state index in [4.69, 9.17) is 19.9 Å². The molecular formula is C30H48N4O8. The minimum atomic E-state index is -1.18. The summed E-state index contributed by atoms with van der Waals surface area (Å²) in [6, 6.07) is -0.0735. The normalized spacial score (nSPS) is 14.2. The van der Waals surface area contributed by atoms with E-state index in [0.29, 0.717) is 30.4 Å². The standard InChI is InChI=1S/C30H48N4O8/c1-11-18(4)25(28(38)32-21(26(31)36)12-17(2)3)33-27(37)22(34(8)29(39)42-30(5,6)7)14-19-13-20(16-35)24(41-10)15-23(19)40-9/h13,15-18,21-22,25H,11-12,14H2,1-10H3,(H2,31,36)(H,32,38)(H,33,37)/t18-,21-,22-,25-/m0/s1. The lowest BCUT2D eigenvalue weighted by Crippen LogP contribution is -2.59. The molecule has 1 aromatic carbocycles. The molecule has 4 amide bonds. The molecule has 12 nitrogen and oxygen atoms in total. The number of aldehydes is 1. The van der Waals surface area contributed by atoms with Crippen LogP contribution in [-0.4, -0.2) is 80.0 Å². The molecule has 0 aliphatic carbocycles. The molecule has 0 unspecified atom stereocenters. The smallest absolute Gasteiger partial charge is 0.410 e.